The summed E-state index contributed by atoms with van der Waals surface area (Å²) in [5.41, 5.74) is 4.57. The third kappa shape index (κ3) is 6.73. The van der Waals surface area contributed by atoms with Gasteiger partial charge >= 0.3 is 0 Å². The Morgan fingerprint density at radius 1 is 1.07 bits per heavy atom. The quantitative estimate of drug-likeness (QED) is 0.178. The molecule has 1 aliphatic heterocycles. The van der Waals surface area contributed by atoms with E-state index in [-0.39, 0.29) is 17.7 Å². The molecule has 1 aliphatic carbocycles. The Labute approximate surface area is 263 Å². The zero-order valence-corrected chi connectivity index (χ0v) is 26.7. The number of hydrogen-bond acceptors (Lipinski definition) is 6. The minimum Gasteiger partial charge on any atom is -0.374 e. The van der Waals surface area contributed by atoms with E-state index in [9.17, 15) is 14.4 Å². The van der Waals surface area contributed by atoms with Crippen molar-refractivity contribution in [1.29, 1.82) is 0 Å². The Morgan fingerprint density at radius 3 is 2.48 bits per heavy atom. The smallest absolute Gasteiger partial charge is 0.261 e. The monoisotopic (exact) mass is 611 g/mol. The molecule has 5 rings (SSSR count). The number of allylic oxidation sites excluding steroid dienone is 1. The minimum atomic E-state index is -0.223. The van der Waals surface area contributed by atoms with Crippen molar-refractivity contribution in [3.8, 4) is 10.4 Å². The van der Waals surface area contributed by atoms with Crippen LogP contribution in [0.2, 0.25) is 0 Å². The van der Waals surface area contributed by atoms with E-state index in [4.69, 9.17) is 0 Å². The molecule has 2 aliphatic rings. The Morgan fingerprint density at radius 2 is 1.82 bits per heavy atom. The molecule has 0 radical (unpaired) electrons. The molecule has 1 aromatic heterocycles. The second-order valence-electron chi connectivity index (χ2n) is 11.1. The van der Waals surface area contributed by atoms with Gasteiger partial charge in [0.2, 0.25) is 0 Å². The van der Waals surface area contributed by atoms with E-state index in [1.165, 1.54) is 11.3 Å². The lowest BCUT2D eigenvalue weighted by atomic mass is 10.1. The number of thiophene rings is 1. The molecule has 8 nitrogen and oxygen atoms in total. The second kappa shape index (κ2) is 13.9. The lowest BCUT2D eigenvalue weighted by Gasteiger charge is -2.27. The van der Waals surface area contributed by atoms with Gasteiger partial charge in [0.25, 0.3) is 17.7 Å². The Kier molecular flexibility index (Phi) is 9.85. The number of carbonyl (C=O) groups excluding carboxylic acids is 3. The van der Waals surface area contributed by atoms with Gasteiger partial charge in [0.15, 0.2) is 0 Å². The highest BCUT2D eigenvalue weighted by Gasteiger charge is 2.29. The molecule has 3 aromatic rings. The fourth-order valence-corrected chi connectivity index (χ4v) is 6.69. The van der Waals surface area contributed by atoms with Gasteiger partial charge in [-0.05, 0) is 81.5 Å². The van der Waals surface area contributed by atoms with E-state index < -0.39 is 0 Å². The van der Waals surface area contributed by atoms with Crippen molar-refractivity contribution in [2.45, 2.75) is 52.5 Å². The van der Waals surface area contributed by atoms with Gasteiger partial charge in [-0.15, -0.1) is 11.3 Å². The van der Waals surface area contributed by atoms with Crippen LogP contribution in [-0.4, -0.2) is 55.3 Å². The molecule has 3 N–H and O–H groups in total. The maximum absolute atomic E-state index is 13.9. The summed E-state index contributed by atoms with van der Waals surface area (Å²) >= 11 is 1.50. The Bertz CT molecular complexity index is 1590. The predicted molar refractivity (Wildman–Crippen MR) is 179 cm³/mol. The molecule has 0 unspecified atom stereocenters. The molecule has 230 valence electrons. The normalized spacial score (nSPS) is 14.7. The molecule has 44 heavy (non-hydrogen) atoms. The van der Waals surface area contributed by atoms with Gasteiger partial charge in [0.1, 0.15) is 5.82 Å². The topological polar surface area (TPSA) is 93.8 Å². The second-order valence-corrected chi connectivity index (χ2v) is 12.1. The lowest BCUT2D eigenvalue weighted by molar-refractivity contribution is -0.112. The van der Waals surface area contributed by atoms with Crippen LogP contribution in [0.3, 0.4) is 0 Å². The molecule has 0 saturated heterocycles. The van der Waals surface area contributed by atoms with Crippen LogP contribution in [-0.2, 0) is 11.2 Å². The van der Waals surface area contributed by atoms with Crippen molar-refractivity contribution in [2.75, 3.05) is 36.9 Å². The zero-order chi connectivity index (χ0) is 31.2. The number of benzene rings is 2. The molecule has 3 amide bonds. The van der Waals surface area contributed by atoms with Crippen molar-refractivity contribution in [2.24, 2.45) is 0 Å². The summed E-state index contributed by atoms with van der Waals surface area (Å²) in [6.45, 7) is 8.19. The summed E-state index contributed by atoms with van der Waals surface area (Å²) in [5, 5.41) is 9.30. The number of nitrogens with one attached hydrogen (secondary N) is 3. The standard InChI is InChI=1S/C35H41N5O3S/c1-5-10-28(32(36-4)39(7-3)20-6-2)33(41)37-25-15-13-23(14-16-25)35(43)40-21-19-24-22-30(34(42)38-26-17-18-26)44-31(24)27-11-8-9-12-29(27)40/h5,8-16,22,26,36H,6-7,17-21H2,1-4H3,(H,37,41)(H,38,42)/b10-5-,32-28-. The van der Waals surface area contributed by atoms with Crippen LogP contribution in [0.4, 0.5) is 11.4 Å². The molecule has 0 bridgehead atoms. The van der Waals surface area contributed by atoms with E-state index in [1.54, 1.807) is 24.3 Å². The first-order valence-corrected chi connectivity index (χ1v) is 16.3. The summed E-state index contributed by atoms with van der Waals surface area (Å²) in [7, 11) is 1.83. The predicted octanol–water partition coefficient (Wildman–Crippen LogP) is 6.19. The summed E-state index contributed by atoms with van der Waals surface area (Å²) in [6, 6.07) is 17.2. The van der Waals surface area contributed by atoms with Crippen LogP contribution >= 0.6 is 11.3 Å². The molecule has 9 heteroatoms. The maximum Gasteiger partial charge on any atom is 0.261 e. The van der Waals surface area contributed by atoms with Crippen LogP contribution in [0, 0.1) is 0 Å². The maximum atomic E-state index is 13.9. The number of nitrogens with zero attached hydrogens (tertiary/aromatic N) is 2. The number of anilines is 2. The van der Waals surface area contributed by atoms with Crippen LogP contribution in [0.5, 0.6) is 0 Å². The van der Waals surface area contributed by atoms with Crippen LogP contribution < -0.4 is 20.9 Å². The highest BCUT2D eigenvalue weighted by atomic mass is 32.1. The summed E-state index contributed by atoms with van der Waals surface area (Å²) in [4.78, 5) is 45.7. The Balaban J connectivity index is 1.35. The average molecular weight is 612 g/mol. The van der Waals surface area contributed by atoms with E-state index in [0.29, 0.717) is 35.8 Å². The molecular formula is C35H41N5O3S. The number of para-hydroxylation sites is 1. The lowest BCUT2D eigenvalue weighted by Crippen LogP contribution is -2.34. The summed E-state index contributed by atoms with van der Waals surface area (Å²) in [5.74, 6) is 0.434. The third-order valence-electron chi connectivity index (χ3n) is 7.89. The number of rotatable bonds is 11. The van der Waals surface area contributed by atoms with Crippen molar-refractivity contribution in [3.05, 3.63) is 94.1 Å². The van der Waals surface area contributed by atoms with Gasteiger partial charge in [-0.2, -0.15) is 0 Å². The van der Waals surface area contributed by atoms with E-state index >= 15 is 0 Å². The van der Waals surface area contributed by atoms with Crippen molar-refractivity contribution >= 4 is 40.4 Å². The molecule has 2 heterocycles. The van der Waals surface area contributed by atoms with Crippen LogP contribution in [0.25, 0.3) is 10.4 Å². The number of hydrogen-bond donors (Lipinski definition) is 3. The molecule has 1 saturated carbocycles. The first kappa shape index (κ1) is 31.1. The van der Waals surface area contributed by atoms with Crippen molar-refractivity contribution < 1.29 is 14.4 Å². The van der Waals surface area contributed by atoms with E-state index in [1.807, 2.05) is 61.4 Å². The molecule has 0 atom stereocenters. The van der Waals surface area contributed by atoms with Gasteiger partial charge in [-0.1, -0.05) is 37.3 Å². The number of amides is 3. The van der Waals surface area contributed by atoms with Gasteiger partial charge in [-0.3, -0.25) is 14.4 Å². The Hall–Kier alpha value is -4.37. The van der Waals surface area contributed by atoms with Gasteiger partial charge in [0.05, 0.1) is 16.1 Å². The molecule has 0 spiro atoms. The first-order valence-electron chi connectivity index (χ1n) is 15.4. The van der Waals surface area contributed by atoms with E-state index in [2.05, 4.69) is 34.7 Å². The van der Waals surface area contributed by atoms with Gasteiger partial charge in [0, 0.05) is 54.4 Å². The van der Waals surface area contributed by atoms with Gasteiger partial charge < -0.3 is 25.8 Å². The van der Waals surface area contributed by atoms with Gasteiger partial charge in [-0.25, -0.2) is 0 Å². The fraction of sp³-hybridized carbons (Fsp3) is 0.343. The minimum absolute atomic E-state index is 0.0117. The molecular weight excluding hydrogens is 570 g/mol. The summed E-state index contributed by atoms with van der Waals surface area (Å²) < 4.78 is 0. The number of carbonyl (C=O) groups is 3. The number of fused-ring (bicyclic) bond motifs is 3. The molecule has 2 aromatic carbocycles. The van der Waals surface area contributed by atoms with Crippen molar-refractivity contribution in [1.82, 2.24) is 15.5 Å². The fourth-order valence-electron chi connectivity index (χ4n) is 5.54. The van der Waals surface area contributed by atoms with E-state index in [0.717, 1.165) is 64.7 Å². The van der Waals surface area contributed by atoms with Crippen molar-refractivity contribution in [3.63, 3.8) is 0 Å². The third-order valence-corrected chi connectivity index (χ3v) is 9.10. The van der Waals surface area contributed by atoms with Crippen LogP contribution in [0.1, 0.15) is 65.6 Å². The summed E-state index contributed by atoms with van der Waals surface area (Å²) in [6.07, 6.45) is 7.38. The largest absolute Gasteiger partial charge is 0.374 e. The highest BCUT2D eigenvalue weighted by Crippen LogP contribution is 2.42. The van der Waals surface area contributed by atoms with Crippen LogP contribution in [0.15, 0.2) is 78.1 Å². The SMILES string of the molecule is C/C=C\C(C(=O)Nc1ccc(C(=O)N2CCc3cc(C(=O)NC4CC4)sc3-c3ccccc32)cc1)=C(/NC)N(CC)CCC. The first-order chi connectivity index (χ1) is 21.4. The average Bonchev–Trinajstić information content (AvgIpc) is 3.78. The zero-order valence-electron chi connectivity index (χ0n) is 25.9. The molecule has 1 fully saturated rings. The highest BCUT2D eigenvalue weighted by molar-refractivity contribution is 7.17.